The van der Waals surface area contributed by atoms with Crippen molar-refractivity contribution >= 4 is 0 Å². The monoisotopic (exact) mass is 304 g/mol. The van der Waals surface area contributed by atoms with Crippen molar-refractivity contribution in [2.75, 3.05) is 0 Å². The van der Waals surface area contributed by atoms with Crippen molar-refractivity contribution < 1.29 is 10.2 Å². The fraction of sp³-hybridized carbons (Fsp3) is 0.143. The predicted molar refractivity (Wildman–Crippen MR) is 92.5 cm³/mol. The number of rotatable bonds is 4. The van der Waals surface area contributed by atoms with Gasteiger partial charge in [-0.2, -0.15) is 0 Å². The van der Waals surface area contributed by atoms with Crippen LogP contribution < -0.4 is 0 Å². The third kappa shape index (κ3) is 2.86. The van der Waals surface area contributed by atoms with E-state index in [0.717, 1.165) is 23.1 Å². The molecule has 1 unspecified atom stereocenters. The predicted octanol–water partition coefficient (Wildman–Crippen LogP) is 4.24. The second-order valence-corrected chi connectivity index (χ2v) is 5.67. The van der Waals surface area contributed by atoms with Gasteiger partial charge in [0, 0.05) is 0 Å². The number of aromatic hydroxyl groups is 1. The van der Waals surface area contributed by atoms with E-state index in [-0.39, 0.29) is 5.75 Å². The largest absolute Gasteiger partial charge is 0.508 e. The summed E-state index contributed by atoms with van der Waals surface area (Å²) in [5, 5.41) is 21.1. The first-order valence-corrected chi connectivity index (χ1v) is 7.81. The van der Waals surface area contributed by atoms with E-state index in [0.29, 0.717) is 0 Å². The molecule has 3 rings (SSSR count). The summed E-state index contributed by atoms with van der Waals surface area (Å²) in [5.41, 5.74) is 2.32. The zero-order valence-corrected chi connectivity index (χ0v) is 13.1. The average Bonchev–Trinajstić information content (AvgIpc) is 2.62. The van der Waals surface area contributed by atoms with Crippen molar-refractivity contribution in [2.45, 2.75) is 18.9 Å². The van der Waals surface area contributed by atoms with Crippen LogP contribution in [0, 0.1) is 0 Å². The van der Waals surface area contributed by atoms with Crippen LogP contribution in [0.2, 0.25) is 0 Å². The minimum atomic E-state index is -1.25. The van der Waals surface area contributed by atoms with Crippen LogP contribution >= 0.6 is 0 Å². The molecule has 0 bridgehead atoms. The summed E-state index contributed by atoms with van der Waals surface area (Å²) in [5.74, 6) is 0.186. The third-order valence-corrected chi connectivity index (χ3v) is 4.26. The Kier molecular flexibility index (Phi) is 4.18. The fourth-order valence-corrected chi connectivity index (χ4v) is 2.86. The molecule has 3 aromatic rings. The summed E-state index contributed by atoms with van der Waals surface area (Å²) in [6.45, 7) is 2.11. The number of aliphatic hydroxyl groups is 1. The van der Waals surface area contributed by atoms with Gasteiger partial charge in [0.1, 0.15) is 11.4 Å². The Bertz CT molecular complexity index is 761. The molecule has 0 fully saturated rings. The fourth-order valence-electron chi connectivity index (χ4n) is 2.86. The first kappa shape index (κ1) is 15.3. The van der Waals surface area contributed by atoms with E-state index in [2.05, 4.69) is 6.92 Å². The first-order chi connectivity index (χ1) is 11.1. The summed E-state index contributed by atoms with van der Waals surface area (Å²) >= 11 is 0. The second kappa shape index (κ2) is 6.27. The van der Waals surface area contributed by atoms with Crippen molar-refractivity contribution in [2.24, 2.45) is 0 Å². The highest BCUT2D eigenvalue weighted by atomic mass is 16.3. The lowest BCUT2D eigenvalue weighted by Crippen LogP contribution is -2.28. The maximum Gasteiger partial charge on any atom is 0.140 e. The molecule has 3 aromatic carbocycles. The topological polar surface area (TPSA) is 40.5 Å². The summed E-state index contributed by atoms with van der Waals surface area (Å²) in [6, 6.07) is 24.4. The molecule has 1 atom stereocenters. The Morgan fingerprint density at radius 3 is 1.70 bits per heavy atom. The Morgan fingerprint density at radius 2 is 1.17 bits per heavy atom. The Balaban J connectivity index is 2.18. The lowest BCUT2D eigenvalue weighted by atomic mass is 9.80. The van der Waals surface area contributed by atoms with Gasteiger partial charge in [-0.15, -0.1) is 0 Å². The van der Waals surface area contributed by atoms with E-state index in [1.165, 1.54) is 5.56 Å². The molecule has 2 nitrogen and oxygen atoms in total. The number of aryl methyl sites for hydroxylation is 1. The SMILES string of the molecule is CCc1ccc(C(O)(c2ccccc2)c2ccc(O)cc2)cc1. The standard InChI is InChI=1S/C21H20O2/c1-2-16-8-10-18(11-9-16)21(23,17-6-4-3-5-7-17)19-12-14-20(22)15-13-19/h3-15,22-23H,2H2,1H3. The van der Waals surface area contributed by atoms with Crippen molar-refractivity contribution in [3.05, 3.63) is 101 Å². The van der Waals surface area contributed by atoms with Crippen LogP contribution in [0.3, 0.4) is 0 Å². The normalized spacial score (nSPS) is 13.5. The highest BCUT2D eigenvalue weighted by Gasteiger charge is 2.33. The van der Waals surface area contributed by atoms with Crippen LogP contribution in [0.15, 0.2) is 78.9 Å². The molecule has 2 heteroatoms. The van der Waals surface area contributed by atoms with Gasteiger partial charge in [-0.05, 0) is 40.8 Å². The van der Waals surface area contributed by atoms with Crippen LogP contribution in [0.1, 0.15) is 29.2 Å². The summed E-state index contributed by atoms with van der Waals surface area (Å²) < 4.78 is 0. The Hall–Kier alpha value is -2.58. The molecular formula is C21H20O2. The molecular weight excluding hydrogens is 284 g/mol. The highest BCUT2D eigenvalue weighted by molar-refractivity contribution is 5.48. The van der Waals surface area contributed by atoms with E-state index >= 15 is 0 Å². The molecule has 116 valence electrons. The van der Waals surface area contributed by atoms with Crippen molar-refractivity contribution in [1.29, 1.82) is 0 Å². The molecule has 0 aliphatic rings. The van der Waals surface area contributed by atoms with E-state index in [1.54, 1.807) is 24.3 Å². The van der Waals surface area contributed by atoms with Crippen molar-refractivity contribution in [3.8, 4) is 5.75 Å². The van der Waals surface area contributed by atoms with Crippen LogP contribution in [0.25, 0.3) is 0 Å². The molecule has 0 heterocycles. The van der Waals surface area contributed by atoms with Gasteiger partial charge in [-0.3, -0.25) is 0 Å². The van der Waals surface area contributed by atoms with E-state index in [9.17, 15) is 10.2 Å². The number of hydrogen-bond donors (Lipinski definition) is 2. The lowest BCUT2D eigenvalue weighted by Gasteiger charge is -2.30. The molecule has 0 amide bonds. The van der Waals surface area contributed by atoms with Gasteiger partial charge in [0.15, 0.2) is 0 Å². The van der Waals surface area contributed by atoms with Gasteiger partial charge in [-0.1, -0.05) is 73.7 Å². The molecule has 0 aromatic heterocycles. The van der Waals surface area contributed by atoms with E-state index in [4.69, 9.17) is 0 Å². The number of phenolic OH excluding ortho intramolecular Hbond substituents is 1. The summed E-state index contributed by atoms with van der Waals surface area (Å²) in [4.78, 5) is 0. The first-order valence-electron chi connectivity index (χ1n) is 7.81. The molecule has 2 N–H and O–H groups in total. The van der Waals surface area contributed by atoms with Crippen molar-refractivity contribution in [1.82, 2.24) is 0 Å². The van der Waals surface area contributed by atoms with Crippen LogP contribution in [-0.2, 0) is 12.0 Å². The Morgan fingerprint density at radius 1 is 0.696 bits per heavy atom. The average molecular weight is 304 g/mol. The molecule has 0 saturated heterocycles. The Labute approximate surface area is 136 Å². The van der Waals surface area contributed by atoms with Crippen LogP contribution in [-0.4, -0.2) is 10.2 Å². The van der Waals surface area contributed by atoms with Gasteiger partial charge in [0.25, 0.3) is 0 Å². The maximum absolute atomic E-state index is 11.6. The van der Waals surface area contributed by atoms with Gasteiger partial charge in [0.2, 0.25) is 0 Å². The summed E-state index contributed by atoms with van der Waals surface area (Å²) in [6.07, 6.45) is 0.962. The molecule has 0 aliphatic carbocycles. The molecule has 23 heavy (non-hydrogen) atoms. The summed E-state index contributed by atoms with van der Waals surface area (Å²) in [7, 11) is 0. The third-order valence-electron chi connectivity index (χ3n) is 4.26. The van der Waals surface area contributed by atoms with Crippen LogP contribution in [0.4, 0.5) is 0 Å². The van der Waals surface area contributed by atoms with Gasteiger partial charge in [0.05, 0.1) is 0 Å². The molecule has 0 aliphatic heterocycles. The van der Waals surface area contributed by atoms with Gasteiger partial charge >= 0.3 is 0 Å². The number of hydrogen-bond acceptors (Lipinski definition) is 2. The molecule has 0 radical (unpaired) electrons. The quantitative estimate of drug-likeness (QED) is 0.708. The minimum absolute atomic E-state index is 0.186. The maximum atomic E-state index is 11.6. The van der Waals surface area contributed by atoms with Crippen LogP contribution in [0.5, 0.6) is 5.75 Å². The number of phenols is 1. The molecule has 0 saturated carbocycles. The van der Waals surface area contributed by atoms with Gasteiger partial charge in [-0.25, -0.2) is 0 Å². The zero-order valence-electron chi connectivity index (χ0n) is 13.1. The smallest absolute Gasteiger partial charge is 0.140 e. The highest BCUT2D eigenvalue weighted by Crippen LogP contribution is 2.37. The van der Waals surface area contributed by atoms with E-state index < -0.39 is 5.60 Å². The van der Waals surface area contributed by atoms with Gasteiger partial charge < -0.3 is 10.2 Å². The minimum Gasteiger partial charge on any atom is -0.508 e. The second-order valence-electron chi connectivity index (χ2n) is 5.67. The van der Waals surface area contributed by atoms with E-state index in [1.807, 2.05) is 54.6 Å². The van der Waals surface area contributed by atoms with Crippen molar-refractivity contribution in [3.63, 3.8) is 0 Å². The lowest BCUT2D eigenvalue weighted by molar-refractivity contribution is 0.125. The molecule has 0 spiro atoms. The zero-order chi connectivity index (χ0) is 16.3. The number of benzene rings is 3.